The lowest BCUT2D eigenvalue weighted by atomic mass is 10.0. The van der Waals surface area contributed by atoms with Crippen LogP contribution in [0, 0.1) is 9.49 Å². The number of carboxylic acid groups (broad SMARTS) is 1. The van der Waals surface area contributed by atoms with Crippen LogP contribution in [0.2, 0.25) is 0 Å². The van der Waals surface area contributed by atoms with E-state index < -0.39 is 24.3 Å². The Labute approximate surface area is 135 Å². The van der Waals surface area contributed by atoms with Crippen molar-refractivity contribution in [1.82, 2.24) is 0 Å². The summed E-state index contributed by atoms with van der Waals surface area (Å²) in [5.41, 5.74) is 0.0484. The van der Waals surface area contributed by atoms with Crippen molar-refractivity contribution in [3.8, 4) is 0 Å². The van der Waals surface area contributed by atoms with Gasteiger partial charge in [-0.05, 0) is 40.3 Å². The van der Waals surface area contributed by atoms with Crippen LogP contribution < -0.4 is 5.11 Å². The lowest BCUT2D eigenvalue weighted by Gasteiger charge is -2.32. The minimum absolute atomic E-state index is 0.0484. The van der Waals surface area contributed by atoms with Crippen molar-refractivity contribution in [2.24, 2.45) is 5.92 Å². The largest absolute Gasteiger partial charge is 0.544 e. The number of ether oxygens (including phenoxy) is 2. The number of alkyl halides is 2. The van der Waals surface area contributed by atoms with Crippen molar-refractivity contribution in [1.29, 1.82) is 0 Å². The van der Waals surface area contributed by atoms with Crippen molar-refractivity contribution in [3.63, 3.8) is 0 Å². The molecule has 7 heteroatoms. The summed E-state index contributed by atoms with van der Waals surface area (Å²) in [7, 11) is 1.31. The summed E-state index contributed by atoms with van der Waals surface area (Å²) in [6, 6.07) is 5.98. The Bertz CT molecular complexity index is 476. The van der Waals surface area contributed by atoms with Crippen molar-refractivity contribution in [2.75, 3.05) is 7.11 Å². The van der Waals surface area contributed by atoms with E-state index in [4.69, 9.17) is 9.47 Å². The molecule has 2 unspecified atom stereocenters. The van der Waals surface area contributed by atoms with E-state index in [1.165, 1.54) is 19.2 Å². The van der Waals surface area contributed by atoms with Crippen LogP contribution in [0.25, 0.3) is 0 Å². The lowest BCUT2D eigenvalue weighted by molar-refractivity contribution is -0.343. The van der Waals surface area contributed by atoms with Gasteiger partial charge in [0.15, 0.2) is 12.4 Å². The second-order valence-electron chi connectivity index (χ2n) is 4.83. The first kappa shape index (κ1) is 18.2. The molecule has 2 atom stereocenters. The van der Waals surface area contributed by atoms with Crippen LogP contribution in [-0.2, 0) is 14.3 Å². The molecule has 0 spiro atoms. The number of aliphatic carboxylic acids is 1. The van der Waals surface area contributed by atoms with Gasteiger partial charge >= 0.3 is 5.92 Å². The molecule has 0 aliphatic rings. The molecule has 0 heterocycles. The quantitative estimate of drug-likeness (QED) is 0.509. The van der Waals surface area contributed by atoms with Gasteiger partial charge in [-0.1, -0.05) is 26.0 Å². The average Bonchev–Trinajstić information content (AvgIpc) is 2.40. The monoisotopic (exact) mass is 413 g/mol. The van der Waals surface area contributed by atoms with Gasteiger partial charge in [-0.2, -0.15) is 8.78 Å². The Morgan fingerprint density at radius 3 is 2.19 bits per heavy atom. The van der Waals surface area contributed by atoms with E-state index in [1.807, 2.05) is 22.6 Å². The first-order valence-electron chi connectivity index (χ1n) is 6.23. The topological polar surface area (TPSA) is 58.6 Å². The van der Waals surface area contributed by atoms with Gasteiger partial charge in [0.25, 0.3) is 0 Å². The molecule has 0 fully saturated rings. The van der Waals surface area contributed by atoms with Gasteiger partial charge in [-0.25, -0.2) is 0 Å². The third-order valence-corrected chi connectivity index (χ3v) is 3.54. The van der Waals surface area contributed by atoms with Crippen molar-refractivity contribution >= 4 is 28.6 Å². The molecule has 1 rings (SSSR count). The number of hydrogen-bond acceptors (Lipinski definition) is 4. The SMILES string of the molecule is COC(OC(c1ccc(I)cc1)C(F)(F)C(=O)[O-])C(C)C. The molecule has 0 amide bonds. The molecule has 0 aromatic heterocycles. The molecular weight excluding hydrogens is 397 g/mol. The van der Waals surface area contributed by atoms with E-state index in [9.17, 15) is 18.7 Å². The number of hydrogen-bond donors (Lipinski definition) is 0. The van der Waals surface area contributed by atoms with Crippen LogP contribution >= 0.6 is 22.6 Å². The molecule has 0 aliphatic carbocycles. The minimum Gasteiger partial charge on any atom is -0.544 e. The zero-order valence-corrected chi connectivity index (χ0v) is 14.0. The van der Waals surface area contributed by atoms with Crippen LogP contribution in [0.3, 0.4) is 0 Å². The molecule has 0 bridgehead atoms. The maximum Gasteiger partial charge on any atom is 0.316 e. The first-order chi connectivity index (χ1) is 9.70. The van der Waals surface area contributed by atoms with E-state index in [2.05, 4.69) is 0 Å². The number of halogens is 3. The normalized spacial score (nSPS) is 15.0. The molecule has 0 saturated carbocycles. The standard InChI is InChI=1S/C14H17F2IO4/c1-8(2)12(20-3)21-11(14(15,16)13(18)19)9-4-6-10(17)7-5-9/h4-8,11-12H,1-3H3,(H,18,19)/p-1. The van der Waals surface area contributed by atoms with Gasteiger partial charge in [-0.3, -0.25) is 0 Å². The van der Waals surface area contributed by atoms with E-state index in [1.54, 1.807) is 26.0 Å². The smallest absolute Gasteiger partial charge is 0.316 e. The van der Waals surface area contributed by atoms with Gasteiger partial charge in [0.2, 0.25) is 0 Å². The molecule has 0 radical (unpaired) electrons. The van der Waals surface area contributed by atoms with Crippen molar-refractivity contribution in [3.05, 3.63) is 33.4 Å². The summed E-state index contributed by atoms with van der Waals surface area (Å²) in [6.45, 7) is 3.44. The number of benzene rings is 1. The Morgan fingerprint density at radius 2 is 1.81 bits per heavy atom. The highest BCUT2D eigenvalue weighted by Gasteiger charge is 2.45. The van der Waals surface area contributed by atoms with Crippen LogP contribution in [0.15, 0.2) is 24.3 Å². The molecule has 4 nitrogen and oxygen atoms in total. The van der Waals surface area contributed by atoms with Crippen molar-refractivity contribution < 1.29 is 28.2 Å². The third-order valence-electron chi connectivity index (χ3n) is 2.82. The summed E-state index contributed by atoms with van der Waals surface area (Å²) in [4.78, 5) is 10.8. The van der Waals surface area contributed by atoms with Crippen LogP contribution in [-0.4, -0.2) is 25.3 Å². The Morgan fingerprint density at radius 1 is 1.29 bits per heavy atom. The Balaban J connectivity index is 3.17. The molecule has 0 N–H and O–H groups in total. The zero-order valence-electron chi connectivity index (χ0n) is 11.8. The van der Waals surface area contributed by atoms with Crippen LogP contribution in [0.4, 0.5) is 8.78 Å². The number of carbonyl (C=O) groups is 1. The fourth-order valence-corrected chi connectivity index (χ4v) is 2.10. The Hall–Kier alpha value is -0.800. The predicted octanol–water partition coefficient (Wildman–Crippen LogP) is 2.36. The van der Waals surface area contributed by atoms with E-state index in [0.717, 1.165) is 3.57 Å². The maximum absolute atomic E-state index is 13.9. The van der Waals surface area contributed by atoms with E-state index in [0.29, 0.717) is 0 Å². The first-order valence-corrected chi connectivity index (χ1v) is 7.31. The number of rotatable bonds is 7. The minimum atomic E-state index is -4.17. The molecule has 1 aromatic rings. The zero-order chi connectivity index (χ0) is 16.2. The highest BCUT2D eigenvalue weighted by Crippen LogP contribution is 2.36. The van der Waals surface area contributed by atoms with E-state index in [-0.39, 0.29) is 11.5 Å². The van der Waals surface area contributed by atoms with Gasteiger partial charge in [-0.15, -0.1) is 0 Å². The highest BCUT2D eigenvalue weighted by atomic mass is 127. The third kappa shape index (κ3) is 4.58. The summed E-state index contributed by atoms with van der Waals surface area (Å²) in [5, 5.41) is 10.8. The van der Waals surface area contributed by atoms with Crippen molar-refractivity contribution in [2.45, 2.75) is 32.2 Å². The maximum atomic E-state index is 13.9. The van der Waals surface area contributed by atoms with Crippen LogP contribution in [0.1, 0.15) is 25.5 Å². The fraction of sp³-hybridized carbons (Fsp3) is 0.500. The fourth-order valence-electron chi connectivity index (χ4n) is 1.74. The van der Waals surface area contributed by atoms with Gasteiger partial charge in [0, 0.05) is 16.6 Å². The van der Waals surface area contributed by atoms with Gasteiger partial charge in [0.1, 0.15) is 5.97 Å². The molecule has 0 saturated heterocycles. The number of carboxylic acids is 1. The lowest BCUT2D eigenvalue weighted by Crippen LogP contribution is -2.48. The molecule has 118 valence electrons. The average molecular weight is 413 g/mol. The molecule has 1 aromatic carbocycles. The summed E-state index contributed by atoms with van der Waals surface area (Å²) in [6.07, 6.45) is -2.94. The molecular formula is C14H16F2IO4-. The highest BCUT2D eigenvalue weighted by molar-refractivity contribution is 14.1. The Kier molecular flexibility index (Phi) is 6.48. The number of carbonyl (C=O) groups excluding carboxylic acids is 1. The summed E-state index contributed by atoms with van der Waals surface area (Å²) in [5.74, 6) is -6.87. The molecule has 0 aliphatic heterocycles. The van der Waals surface area contributed by atoms with Gasteiger partial charge in [0.05, 0.1) is 0 Å². The second-order valence-corrected chi connectivity index (χ2v) is 6.07. The summed E-state index contributed by atoms with van der Waals surface area (Å²) < 4.78 is 38.9. The summed E-state index contributed by atoms with van der Waals surface area (Å²) >= 11 is 2.02. The molecule has 21 heavy (non-hydrogen) atoms. The van der Waals surface area contributed by atoms with E-state index >= 15 is 0 Å². The second kappa shape index (κ2) is 7.46. The number of methoxy groups -OCH3 is 1. The van der Waals surface area contributed by atoms with Gasteiger partial charge < -0.3 is 19.4 Å². The van der Waals surface area contributed by atoms with Crippen LogP contribution in [0.5, 0.6) is 0 Å². The predicted molar refractivity (Wildman–Crippen MR) is 78.6 cm³/mol.